The maximum atomic E-state index is 11.5. The van der Waals surface area contributed by atoms with E-state index in [4.69, 9.17) is 10.5 Å². The molecule has 0 spiro atoms. The molecule has 0 saturated heterocycles. The molecule has 4 nitrogen and oxygen atoms in total. The number of carbonyl (C=O) groups excluding carboxylic acids is 1. The van der Waals surface area contributed by atoms with E-state index < -0.39 is 0 Å². The van der Waals surface area contributed by atoms with Crippen molar-refractivity contribution >= 4 is 18.3 Å². The number of halogens is 1. The van der Waals surface area contributed by atoms with Gasteiger partial charge in [0.25, 0.3) is 5.91 Å². The molecule has 0 fully saturated rings. The zero-order chi connectivity index (χ0) is 13.4. The lowest BCUT2D eigenvalue weighted by atomic mass is 10.1. The fraction of sp³-hybridized carbons (Fsp3) is 0.500. The lowest BCUT2D eigenvalue weighted by molar-refractivity contribution is -0.123. The van der Waals surface area contributed by atoms with Crippen molar-refractivity contribution < 1.29 is 9.53 Å². The molecular weight excluding hydrogens is 264 g/mol. The molecule has 1 aromatic rings. The van der Waals surface area contributed by atoms with Crippen LogP contribution in [0.3, 0.4) is 0 Å². The minimum atomic E-state index is -0.0899. The highest BCUT2D eigenvalue weighted by atomic mass is 35.5. The predicted octanol–water partition coefficient (Wildman–Crippen LogP) is 1.96. The largest absolute Gasteiger partial charge is 0.483 e. The van der Waals surface area contributed by atoms with E-state index in [1.54, 1.807) is 0 Å². The molecule has 0 bridgehead atoms. The van der Waals surface area contributed by atoms with Crippen LogP contribution in [0.25, 0.3) is 0 Å². The summed E-state index contributed by atoms with van der Waals surface area (Å²) in [5, 5.41) is 2.80. The molecule has 0 atom stereocenters. The van der Waals surface area contributed by atoms with E-state index in [1.807, 2.05) is 32.0 Å². The summed E-state index contributed by atoms with van der Waals surface area (Å²) in [6.45, 7) is 5.35. The number of hydrogen-bond donors (Lipinski definition) is 2. The second-order valence-electron chi connectivity index (χ2n) is 4.40. The van der Waals surface area contributed by atoms with Gasteiger partial charge in [-0.1, -0.05) is 12.1 Å². The fourth-order valence-electron chi connectivity index (χ4n) is 1.55. The normalized spacial score (nSPS) is 9.63. The van der Waals surface area contributed by atoms with E-state index in [0.717, 1.165) is 29.7 Å². The number of amides is 1. The van der Waals surface area contributed by atoms with Gasteiger partial charge in [-0.25, -0.2) is 0 Å². The monoisotopic (exact) mass is 286 g/mol. The second-order valence-corrected chi connectivity index (χ2v) is 4.40. The van der Waals surface area contributed by atoms with Gasteiger partial charge in [0.1, 0.15) is 5.75 Å². The molecule has 5 heteroatoms. The summed E-state index contributed by atoms with van der Waals surface area (Å²) < 4.78 is 5.50. The highest BCUT2D eigenvalue weighted by Gasteiger charge is 2.04. The quantitative estimate of drug-likeness (QED) is 0.753. The molecule has 0 heterocycles. The first kappa shape index (κ1) is 17.7. The van der Waals surface area contributed by atoms with Gasteiger partial charge in [-0.15, -0.1) is 12.4 Å². The number of hydrogen-bond acceptors (Lipinski definition) is 3. The lowest BCUT2D eigenvalue weighted by Gasteiger charge is -2.10. The van der Waals surface area contributed by atoms with Crippen molar-refractivity contribution in [1.82, 2.24) is 5.32 Å². The molecule has 0 unspecified atom stereocenters. The second kappa shape index (κ2) is 9.64. The SMILES string of the molecule is Cc1ccc(C)c(OCC(=O)NCCCCN)c1.Cl. The Kier molecular flexibility index (Phi) is 9.00. The van der Waals surface area contributed by atoms with Gasteiger partial charge < -0.3 is 15.8 Å². The van der Waals surface area contributed by atoms with Crippen LogP contribution in [0, 0.1) is 13.8 Å². The van der Waals surface area contributed by atoms with Gasteiger partial charge in [0.2, 0.25) is 0 Å². The van der Waals surface area contributed by atoms with Gasteiger partial charge in [0.15, 0.2) is 6.61 Å². The van der Waals surface area contributed by atoms with E-state index >= 15 is 0 Å². The molecule has 0 aliphatic heterocycles. The van der Waals surface area contributed by atoms with Crippen LogP contribution in [0.4, 0.5) is 0 Å². The third kappa shape index (κ3) is 7.03. The maximum Gasteiger partial charge on any atom is 0.257 e. The van der Waals surface area contributed by atoms with Crippen molar-refractivity contribution in [3.8, 4) is 5.75 Å². The molecule has 0 radical (unpaired) electrons. The number of unbranched alkanes of at least 4 members (excludes halogenated alkanes) is 1. The third-order valence-corrected chi connectivity index (χ3v) is 2.66. The molecular formula is C14H23ClN2O2. The van der Waals surface area contributed by atoms with E-state index in [-0.39, 0.29) is 24.9 Å². The Morgan fingerprint density at radius 1 is 1.32 bits per heavy atom. The molecule has 0 saturated carbocycles. The molecule has 19 heavy (non-hydrogen) atoms. The summed E-state index contributed by atoms with van der Waals surface area (Å²) in [6, 6.07) is 5.95. The van der Waals surface area contributed by atoms with Crippen molar-refractivity contribution in [2.75, 3.05) is 19.7 Å². The van der Waals surface area contributed by atoms with Crippen LogP contribution < -0.4 is 15.8 Å². The molecule has 3 N–H and O–H groups in total. The van der Waals surface area contributed by atoms with Crippen LogP contribution in [-0.2, 0) is 4.79 Å². The Morgan fingerprint density at radius 2 is 2.05 bits per heavy atom. The van der Waals surface area contributed by atoms with Crippen molar-refractivity contribution in [2.24, 2.45) is 5.73 Å². The van der Waals surface area contributed by atoms with Crippen molar-refractivity contribution in [3.63, 3.8) is 0 Å². The third-order valence-electron chi connectivity index (χ3n) is 2.66. The van der Waals surface area contributed by atoms with Crippen molar-refractivity contribution in [3.05, 3.63) is 29.3 Å². The number of ether oxygens (including phenoxy) is 1. The van der Waals surface area contributed by atoms with Crippen LogP contribution in [0.5, 0.6) is 5.75 Å². The Morgan fingerprint density at radius 3 is 2.74 bits per heavy atom. The highest BCUT2D eigenvalue weighted by molar-refractivity contribution is 5.85. The van der Waals surface area contributed by atoms with Crippen LogP contribution in [-0.4, -0.2) is 25.6 Å². The van der Waals surface area contributed by atoms with Gasteiger partial charge in [-0.05, 0) is 50.4 Å². The van der Waals surface area contributed by atoms with Gasteiger partial charge in [0, 0.05) is 6.54 Å². The number of aryl methyl sites for hydroxylation is 2. The molecule has 108 valence electrons. The van der Waals surface area contributed by atoms with Crippen molar-refractivity contribution in [1.29, 1.82) is 0 Å². The van der Waals surface area contributed by atoms with Crippen LogP contribution in [0.2, 0.25) is 0 Å². The molecule has 0 aliphatic rings. The van der Waals surface area contributed by atoms with Crippen molar-refractivity contribution in [2.45, 2.75) is 26.7 Å². The average molecular weight is 287 g/mol. The Labute approximate surface area is 121 Å². The molecule has 1 rings (SSSR count). The van der Waals surface area contributed by atoms with Gasteiger partial charge >= 0.3 is 0 Å². The van der Waals surface area contributed by atoms with E-state index in [9.17, 15) is 4.79 Å². The number of benzene rings is 1. The predicted molar refractivity (Wildman–Crippen MR) is 80.0 cm³/mol. The molecule has 1 aromatic carbocycles. The van der Waals surface area contributed by atoms with E-state index in [2.05, 4.69) is 5.32 Å². The summed E-state index contributed by atoms with van der Waals surface area (Å²) in [5.41, 5.74) is 7.54. The number of nitrogens with two attached hydrogens (primary N) is 1. The molecule has 0 aromatic heterocycles. The minimum absolute atomic E-state index is 0. The topological polar surface area (TPSA) is 64.3 Å². The zero-order valence-corrected chi connectivity index (χ0v) is 12.4. The summed E-state index contributed by atoms with van der Waals surface area (Å²) in [4.78, 5) is 11.5. The Balaban J connectivity index is 0.00000324. The zero-order valence-electron chi connectivity index (χ0n) is 11.6. The average Bonchev–Trinajstić information content (AvgIpc) is 2.36. The lowest BCUT2D eigenvalue weighted by Crippen LogP contribution is -2.30. The first-order chi connectivity index (χ1) is 8.63. The highest BCUT2D eigenvalue weighted by Crippen LogP contribution is 2.18. The first-order valence-corrected chi connectivity index (χ1v) is 6.30. The smallest absolute Gasteiger partial charge is 0.257 e. The van der Waals surface area contributed by atoms with Crippen LogP contribution >= 0.6 is 12.4 Å². The Bertz CT molecular complexity index is 397. The van der Waals surface area contributed by atoms with Crippen LogP contribution in [0.1, 0.15) is 24.0 Å². The van der Waals surface area contributed by atoms with Gasteiger partial charge in [-0.2, -0.15) is 0 Å². The van der Waals surface area contributed by atoms with Gasteiger partial charge in [0.05, 0.1) is 0 Å². The summed E-state index contributed by atoms with van der Waals surface area (Å²) >= 11 is 0. The summed E-state index contributed by atoms with van der Waals surface area (Å²) in [5.74, 6) is 0.681. The minimum Gasteiger partial charge on any atom is -0.483 e. The molecule has 0 aliphatic carbocycles. The first-order valence-electron chi connectivity index (χ1n) is 6.30. The Hall–Kier alpha value is -1.26. The fourth-order valence-corrected chi connectivity index (χ4v) is 1.55. The number of rotatable bonds is 7. The standard InChI is InChI=1S/C14H22N2O2.ClH/c1-11-5-6-12(2)13(9-11)18-10-14(17)16-8-4-3-7-15;/h5-6,9H,3-4,7-8,10,15H2,1-2H3,(H,16,17);1H. The maximum absolute atomic E-state index is 11.5. The summed E-state index contributed by atoms with van der Waals surface area (Å²) in [6.07, 6.45) is 1.84. The number of nitrogens with one attached hydrogen (secondary N) is 1. The molecule has 1 amide bonds. The van der Waals surface area contributed by atoms with E-state index in [0.29, 0.717) is 13.1 Å². The van der Waals surface area contributed by atoms with E-state index in [1.165, 1.54) is 0 Å². The summed E-state index contributed by atoms with van der Waals surface area (Å²) in [7, 11) is 0. The van der Waals surface area contributed by atoms with Gasteiger partial charge in [-0.3, -0.25) is 4.79 Å². The van der Waals surface area contributed by atoms with Crippen LogP contribution in [0.15, 0.2) is 18.2 Å². The number of carbonyl (C=O) groups is 1.